The molecule has 0 saturated heterocycles. The van der Waals surface area contributed by atoms with E-state index in [1.807, 2.05) is 0 Å². The zero-order valence-electron chi connectivity index (χ0n) is 3.60. The van der Waals surface area contributed by atoms with Gasteiger partial charge in [0.15, 0.2) is 0 Å². The van der Waals surface area contributed by atoms with Crippen LogP contribution in [0.15, 0.2) is 0 Å². The first kappa shape index (κ1) is 11.2. The van der Waals surface area contributed by atoms with Gasteiger partial charge >= 0.3 is 43.7 Å². The number of rotatable bonds is 1. The number of carbonyl (C=O) groups excluding carboxylic acids is 2. The summed E-state index contributed by atoms with van der Waals surface area (Å²) < 4.78 is 10.6. The van der Waals surface area contributed by atoms with Crippen molar-refractivity contribution in [3.63, 3.8) is 0 Å². The third-order valence-corrected chi connectivity index (χ3v) is 0.358. The van der Waals surface area contributed by atoms with E-state index in [-0.39, 0.29) is 37.7 Å². The Kier molecular flexibility index (Phi) is 7.63. The van der Waals surface area contributed by atoms with Gasteiger partial charge in [0.2, 0.25) is 5.78 Å². The summed E-state index contributed by atoms with van der Waals surface area (Å²) in [6.07, 6.45) is 0. The average Bonchev–Trinajstić information content (AvgIpc) is 1.65. The number of carbonyl (C=O) groups is 2. The topological polar surface area (TPSA) is 43.4 Å². The molecule has 0 atom stereocenters. The van der Waals surface area contributed by atoms with E-state index in [0.29, 0.717) is 0 Å². The molecule has 0 saturated carbocycles. The van der Waals surface area contributed by atoms with Crippen molar-refractivity contribution in [1.29, 1.82) is 0 Å². The molecule has 0 amide bonds. The van der Waals surface area contributed by atoms with Gasteiger partial charge in [-0.15, -0.1) is 0 Å². The van der Waals surface area contributed by atoms with Crippen molar-refractivity contribution in [2.45, 2.75) is 6.92 Å². The molecule has 0 aliphatic carbocycles. The first-order chi connectivity index (χ1) is 3.18. The third-order valence-electron chi connectivity index (χ3n) is 0.358. The van der Waals surface area contributed by atoms with Crippen LogP contribution in [-0.4, -0.2) is 49.5 Å². The van der Waals surface area contributed by atoms with Gasteiger partial charge in [0, 0.05) is 11.4 Å². The van der Waals surface area contributed by atoms with Crippen LogP contribution in [0.3, 0.4) is 0 Å². The number of halogens is 1. The van der Waals surface area contributed by atoms with E-state index < -0.39 is 11.8 Å². The zero-order chi connectivity index (χ0) is 5.86. The summed E-state index contributed by atoms with van der Waals surface area (Å²) in [5, 5.41) is 0. The summed E-state index contributed by atoms with van der Waals surface area (Å²) in [6.45, 7) is 0.919. The molecule has 44 valence electrons. The Balaban J connectivity index is 0. The van der Waals surface area contributed by atoms with E-state index in [4.69, 9.17) is 0 Å². The van der Waals surface area contributed by atoms with Gasteiger partial charge in [-0.25, -0.2) is 9.74 Å². The first-order valence-corrected chi connectivity index (χ1v) is 1.52. The van der Waals surface area contributed by atoms with Crippen LogP contribution in [0, 0.1) is 0 Å². The maximum atomic E-state index is 10.6. The van der Waals surface area contributed by atoms with Crippen molar-refractivity contribution >= 4 is 49.5 Å². The Labute approximate surface area is 75.1 Å². The zero-order valence-corrected chi connectivity index (χ0v) is 3.60. The van der Waals surface area contributed by atoms with E-state index in [1.54, 1.807) is 0 Å². The first-order valence-electron chi connectivity index (χ1n) is 1.52. The van der Waals surface area contributed by atoms with Gasteiger partial charge in [0.25, 0.3) is 0 Å². The van der Waals surface area contributed by atoms with Crippen LogP contribution in [0.25, 0.3) is 0 Å². The minimum atomic E-state index is -1.46. The summed E-state index contributed by atoms with van der Waals surface area (Å²) in [7, 11) is 0. The Hall–Kier alpha value is 0.330. The van der Waals surface area contributed by atoms with E-state index in [1.165, 1.54) is 0 Å². The molecule has 0 aromatic rings. The van der Waals surface area contributed by atoms with Crippen LogP contribution in [0.2, 0.25) is 0 Å². The predicted octanol–water partition coefficient (Wildman–Crippen LogP) is -0.913. The Morgan fingerprint density at radius 3 is 1.88 bits per heavy atom. The van der Waals surface area contributed by atoms with Crippen LogP contribution in [0.1, 0.15) is 6.92 Å². The maximum absolute atomic E-state index is 10.6. The van der Waals surface area contributed by atoms with Crippen molar-refractivity contribution in [2.75, 3.05) is 0 Å². The van der Waals surface area contributed by atoms with E-state index in [9.17, 15) is 14.1 Å². The quantitative estimate of drug-likeness (QED) is 0.357. The van der Waals surface area contributed by atoms with Gasteiger partial charge < -0.3 is 0 Å². The molecule has 8 heavy (non-hydrogen) atoms. The van der Waals surface area contributed by atoms with Crippen molar-refractivity contribution in [3.05, 3.63) is 0 Å². The standard InChI is InChI=1S/C3H3FO3.Ca.2H/c1-2(5)3(6)7-4;;;/h1H3;;;. The van der Waals surface area contributed by atoms with Crippen LogP contribution in [0.4, 0.5) is 4.53 Å². The molecular formula is C3H5CaFO3. The van der Waals surface area contributed by atoms with E-state index in [0.717, 1.165) is 6.92 Å². The van der Waals surface area contributed by atoms with Gasteiger partial charge in [-0.3, -0.25) is 4.79 Å². The average molecular weight is 148 g/mol. The molecule has 0 aliphatic heterocycles. The molecule has 3 nitrogen and oxygen atoms in total. The van der Waals surface area contributed by atoms with Crippen LogP contribution < -0.4 is 0 Å². The molecule has 0 radical (unpaired) electrons. The normalized spacial score (nSPS) is 6.75. The van der Waals surface area contributed by atoms with Crippen molar-refractivity contribution in [3.8, 4) is 0 Å². The summed E-state index contributed by atoms with van der Waals surface area (Å²) in [5.41, 5.74) is 0. The summed E-state index contributed by atoms with van der Waals surface area (Å²) in [5.74, 6) is -2.40. The monoisotopic (exact) mass is 148 g/mol. The molecule has 0 aliphatic rings. The third kappa shape index (κ3) is 4.49. The van der Waals surface area contributed by atoms with Gasteiger partial charge in [-0.1, -0.05) is 0 Å². The summed E-state index contributed by atoms with van der Waals surface area (Å²) in [4.78, 5) is 21.7. The number of hydrogen-bond donors (Lipinski definition) is 0. The van der Waals surface area contributed by atoms with E-state index >= 15 is 0 Å². The second-order valence-electron chi connectivity index (χ2n) is 0.921. The number of Topliss-reactive ketones (excluding diaryl/α,β-unsaturated/α-hetero) is 1. The van der Waals surface area contributed by atoms with Gasteiger partial charge in [-0.05, 0) is 0 Å². The van der Waals surface area contributed by atoms with Crippen molar-refractivity contribution < 1.29 is 19.1 Å². The van der Waals surface area contributed by atoms with Crippen LogP contribution in [-0.2, 0) is 14.5 Å². The van der Waals surface area contributed by atoms with Gasteiger partial charge in [-0.2, -0.15) is 0 Å². The van der Waals surface area contributed by atoms with Crippen molar-refractivity contribution in [1.82, 2.24) is 0 Å². The fourth-order valence-electron chi connectivity index (χ4n) is 0.0543. The van der Waals surface area contributed by atoms with Crippen LogP contribution >= 0.6 is 0 Å². The molecule has 0 rings (SSSR count). The fourth-order valence-corrected chi connectivity index (χ4v) is 0.0543. The number of hydrogen-bond acceptors (Lipinski definition) is 3. The summed E-state index contributed by atoms with van der Waals surface area (Å²) >= 11 is 0. The SMILES string of the molecule is CC(=O)C(=O)OF.[CaH2]. The molecule has 0 bridgehead atoms. The van der Waals surface area contributed by atoms with Gasteiger partial charge in [0.05, 0.1) is 0 Å². The Morgan fingerprint density at radius 1 is 1.50 bits per heavy atom. The second-order valence-corrected chi connectivity index (χ2v) is 0.921. The van der Waals surface area contributed by atoms with Crippen molar-refractivity contribution in [2.24, 2.45) is 0 Å². The molecule has 0 N–H and O–H groups in total. The fraction of sp³-hybridized carbons (Fsp3) is 0.333. The second kappa shape index (κ2) is 5.47. The summed E-state index contributed by atoms with van der Waals surface area (Å²) in [6, 6.07) is 0. The molecular weight excluding hydrogens is 143 g/mol. The molecule has 0 aromatic carbocycles. The molecule has 0 heterocycles. The van der Waals surface area contributed by atoms with Crippen LogP contribution in [0.5, 0.6) is 0 Å². The molecule has 0 aromatic heterocycles. The predicted molar refractivity (Wildman–Crippen MR) is 26.4 cm³/mol. The number of ketones is 1. The molecule has 5 heteroatoms. The minimum absolute atomic E-state index is 0. The van der Waals surface area contributed by atoms with E-state index in [2.05, 4.69) is 4.94 Å². The molecule has 0 fully saturated rings. The molecule has 0 unspecified atom stereocenters. The Morgan fingerprint density at radius 2 is 1.88 bits per heavy atom. The Bertz CT molecular complexity index is 103. The molecule has 0 spiro atoms. The van der Waals surface area contributed by atoms with Gasteiger partial charge in [0.1, 0.15) is 0 Å².